The number of hydrogen-bond acceptors (Lipinski definition) is 10. The molecule has 6 rings (SSSR count). The molecule has 0 radical (unpaired) electrons. The van der Waals surface area contributed by atoms with Crippen molar-refractivity contribution < 1.29 is 48.1 Å². The lowest BCUT2D eigenvalue weighted by molar-refractivity contribution is -0.145. The molecular weight excluding hydrogens is 648 g/mol. The molecule has 0 aromatic heterocycles. The molecule has 3 amide bonds. The van der Waals surface area contributed by atoms with E-state index in [-0.39, 0.29) is 31.4 Å². The number of carboxylic acids is 1. The number of hydrogen-bond donors (Lipinski definition) is 3. The fourth-order valence-electron chi connectivity index (χ4n) is 7.18. The van der Waals surface area contributed by atoms with E-state index in [0.717, 1.165) is 38.5 Å². The molecule has 3 fully saturated rings. The summed E-state index contributed by atoms with van der Waals surface area (Å²) in [6.07, 6.45) is 9.04. The smallest absolute Gasteiger partial charge is 0.408 e. The van der Waals surface area contributed by atoms with E-state index in [1.165, 1.54) is 12.0 Å². The second-order valence-corrected chi connectivity index (χ2v) is 14.5. The van der Waals surface area contributed by atoms with E-state index in [0.29, 0.717) is 47.8 Å². The first-order valence-corrected chi connectivity index (χ1v) is 17.6. The first-order valence-electron chi connectivity index (χ1n) is 17.6. The van der Waals surface area contributed by atoms with Crippen molar-refractivity contribution in [2.24, 2.45) is 11.1 Å². The lowest BCUT2D eigenvalue weighted by Crippen LogP contribution is -2.56. The number of benzene rings is 1. The van der Waals surface area contributed by atoms with Crippen LogP contribution in [0.2, 0.25) is 0 Å². The Labute approximate surface area is 291 Å². The number of aliphatic carboxylic acids is 1. The number of allylic oxidation sites excluding steroid dienone is 1. The van der Waals surface area contributed by atoms with Gasteiger partial charge in [0.1, 0.15) is 41.2 Å². The van der Waals surface area contributed by atoms with E-state index in [4.69, 9.17) is 23.8 Å². The van der Waals surface area contributed by atoms with Gasteiger partial charge in [-0.25, -0.2) is 9.59 Å². The summed E-state index contributed by atoms with van der Waals surface area (Å²) < 4.78 is 22.7. The maximum Gasteiger partial charge on any atom is 0.408 e. The van der Waals surface area contributed by atoms with Crippen molar-refractivity contribution in [2.45, 2.75) is 120 Å². The number of nitrogens with one attached hydrogen (secondary N) is 2. The predicted octanol–water partition coefficient (Wildman–Crippen LogP) is 4.08. The Morgan fingerprint density at radius 3 is 2.50 bits per heavy atom. The largest absolute Gasteiger partial charge is 0.493 e. The first kappa shape index (κ1) is 35.3. The average molecular weight is 697 g/mol. The van der Waals surface area contributed by atoms with Crippen LogP contribution in [-0.4, -0.2) is 95.8 Å². The van der Waals surface area contributed by atoms with Gasteiger partial charge >= 0.3 is 12.1 Å². The Morgan fingerprint density at radius 1 is 1.04 bits per heavy atom. The molecule has 5 aliphatic rings. The average Bonchev–Trinajstić information content (AvgIpc) is 3.58. The summed E-state index contributed by atoms with van der Waals surface area (Å²) in [5, 5.41) is 20.2. The highest BCUT2D eigenvalue weighted by atomic mass is 16.6. The Hall–Kier alpha value is -4.49. The van der Waals surface area contributed by atoms with E-state index in [9.17, 15) is 24.3 Å². The summed E-state index contributed by atoms with van der Waals surface area (Å²) in [5.41, 5.74) is -0.809. The molecule has 272 valence electrons. The van der Waals surface area contributed by atoms with Gasteiger partial charge in [0.25, 0.3) is 0 Å². The number of ether oxygens (including phenoxy) is 4. The molecule has 2 aliphatic carbocycles. The summed E-state index contributed by atoms with van der Waals surface area (Å²) >= 11 is 0. The van der Waals surface area contributed by atoms with Gasteiger partial charge in [-0.3, -0.25) is 9.59 Å². The van der Waals surface area contributed by atoms with Crippen LogP contribution in [0.5, 0.6) is 17.2 Å². The molecule has 50 heavy (non-hydrogen) atoms. The van der Waals surface area contributed by atoms with Crippen molar-refractivity contribution in [2.75, 3.05) is 20.8 Å². The lowest BCUT2D eigenvalue weighted by atomic mass is 9.92. The van der Waals surface area contributed by atoms with Crippen molar-refractivity contribution in [3.8, 4) is 17.2 Å². The summed E-state index contributed by atoms with van der Waals surface area (Å²) in [7, 11) is 3.08. The van der Waals surface area contributed by atoms with Crippen LogP contribution < -0.4 is 24.8 Å². The Kier molecular flexibility index (Phi) is 10.2. The number of carbonyl (C=O) groups is 4. The van der Waals surface area contributed by atoms with E-state index in [1.54, 1.807) is 19.2 Å². The van der Waals surface area contributed by atoms with Gasteiger partial charge < -0.3 is 44.4 Å². The zero-order valence-corrected chi connectivity index (χ0v) is 29.2. The summed E-state index contributed by atoms with van der Waals surface area (Å²) in [6.45, 7) is 3.87. The highest BCUT2D eigenvalue weighted by molar-refractivity contribution is 6.04. The minimum absolute atomic E-state index is 0.00559. The highest BCUT2D eigenvalue weighted by Crippen LogP contribution is 2.46. The predicted molar refractivity (Wildman–Crippen MR) is 180 cm³/mol. The summed E-state index contributed by atoms with van der Waals surface area (Å²) in [5.74, 6) is -0.964. The topological polar surface area (TPSA) is 174 Å². The molecule has 3 heterocycles. The Morgan fingerprint density at radius 2 is 1.80 bits per heavy atom. The lowest BCUT2D eigenvalue weighted by Gasteiger charge is -2.33. The number of oxime groups is 1. The standard InChI is InChI=1S/C36H48N4O10/c1-35(2)19-26(24-16-29(46-3)30(47-4)17-28(24)49-35)39-50-23-15-27-31(41)38-36(33(43)44)18-21(36)11-8-6-5-7-9-14-25(32(42)40(27)20-23)37-34(45)48-22-12-10-13-22/h8,11,16-17,21-23,25,27H,5-7,9-10,12-15,18-20H2,1-4H3,(H,37,45)(H,38,41)(H,43,44)/b11-8-,39-26+/t21-,23-,25+,27+,36+/m1/s1. The number of methoxy groups -OCH3 is 2. The molecule has 2 saturated carbocycles. The third-order valence-electron chi connectivity index (χ3n) is 10.3. The molecule has 3 N–H and O–H groups in total. The fraction of sp³-hybridized carbons (Fsp3) is 0.639. The van der Waals surface area contributed by atoms with Crippen LogP contribution >= 0.6 is 0 Å². The quantitative estimate of drug-likeness (QED) is 0.278. The van der Waals surface area contributed by atoms with Crippen LogP contribution in [0.25, 0.3) is 0 Å². The minimum Gasteiger partial charge on any atom is -0.493 e. The molecule has 0 unspecified atom stereocenters. The molecule has 14 nitrogen and oxygen atoms in total. The molecular formula is C36H48N4O10. The Bertz CT molecular complexity index is 1550. The monoisotopic (exact) mass is 696 g/mol. The van der Waals surface area contributed by atoms with Crippen LogP contribution in [-0.2, 0) is 24.0 Å². The zero-order valence-electron chi connectivity index (χ0n) is 29.2. The molecule has 0 bridgehead atoms. The van der Waals surface area contributed by atoms with Crippen LogP contribution in [0.15, 0.2) is 29.4 Å². The van der Waals surface area contributed by atoms with Crippen molar-refractivity contribution in [1.82, 2.24) is 15.5 Å². The van der Waals surface area contributed by atoms with Gasteiger partial charge in [0.05, 0.1) is 26.5 Å². The van der Waals surface area contributed by atoms with E-state index >= 15 is 0 Å². The third-order valence-corrected chi connectivity index (χ3v) is 10.3. The molecule has 3 aliphatic heterocycles. The van der Waals surface area contributed by atoms with Crippen LogP contribution in [0, 0.1) is 5.92 Å². The van der Waals surface area contributed by atoms with Gasteiger partial charge in [0.15, 0.2) is 11.5 Å². The zero-order chi connectivity index (χ0) is 35.6. The number of carbonyl (C=O) groups excluding carboxylic acids is 3. The molecule has 5 atom stereocenters. The minimum atomic E-state index is -1.44. The van der Waals surface area contributed by atoms with Gasteiger partial charge in [-0.1, -0.05) is 30.1 Å². The Balaban J connectivity index is 1.27. The molecule has 1 aromatic carbocycles. The van der Waals surface area contributed by atoms with Crippen LogP contribution in [0.3, 0.4) is 0 Å². The number of nitrogens with zero attached hydrogens (tertiary/aromatic N) is 2. The normalized spacial score (nSPS) is 30.8. The van der Waals surface area contributed by atoms with Crippen molar-refractivity contribution in [3.05, 3.63) is 29.8 Å². The van der Waals surface area contributed by atoms with Crippen molar-refractivity contribution in [3.63, 3.8) is 0 Å². The van der Waals surface area contributed by atoms with E-state index < -0.39 is 53.2 Å². The van der Waals surface area contributed by atoms with Gasteiger partial charge in [-0.05, 0) is 64.9 Å². The van der Waals surface area contributed by atoms with Gasteiger partial charge in [0, 0.05) is 30.4 Å². The molecule has 1 aromatic rings. The second-order valence-electron chi connectivity index (χ2n) is 14.5. The van der Waals surface area contributed by atoms with Crippen LogP contribution in [0.1, 0.15) is 90.0 Å². The molecule has 0 spiro atoms. The van der Waals surface area contributed by atoms with Gasteiger partial charge in [-0.15, -0.1) is 0 Å². The maximum absolute atomic E-state index is 14.3. The fourth-order valence-corrected chi connectivity index (χ4v) is 7.18. The van der Waals surface area contributed by atoms with Crippen molar-refractivity contribution >= 4 is 29.6 Å². The highest BCUT2D eigenvalue weighted by Gasteiger charge is 2.61. The molecule has 1 saturated heterocycles. The molecule has 14 heteroatoms. The number of amides is 3. The van der Waals surface area contributed by atoms with E-state index in [2.05, 4.69) is 15.8 Å². The number of carboxylic acid groups (broad SMARTS) is 1. The second kappa shape index (κ2) is 14.4. The summed E-state index contributed by atoms with van der Waals surface area (Å²) in [4.78, 5) is 61.0. The van der Waals surface area contributed by atoms with Crippen molar-refractivity contribution in [1.29, 1.82) is 0 Å². The SMILES string of the molecule is COc1cc2c(cc1OC)/C(=N/O[C@@H]1C[C@H]3C(=O)N[C@@]4(C(=O)O)C[C@H]4/C=C\CCCCC[C@H](NC(=O)OC4CCC4)C(=O)N3C1)CC(C)(C)O2. The number of fused-ring (bicyclic) bond motifs is 3. The third kappa shape index (κ3) is 7.48. The van der Waals surface area contributed by atoms with Gasteiger partial charge in [-0.2, -0.15) is 0 Å². The number of rotatable bonds is 7. The first-order chi connectivity index (χ1) is 23.9. The van der Waals surface area contributed by atoms with E-state index in [1.807, 2.05) is 26.0 Å². The maximum atomic E-state index is 14.3. The summed E-state index contributed by atoms with van der Waals surface area (Å²) in [6, 6.07) is 1.53. The van der Waals surface area contributed by atoms with Crippen LogP contribution in [0.4, 0.5) is 4.79 Å². The van der Waals surface area contributed by atoms with Gasteiger partial charge in [0.2, 0.25) is 11.8 Å². The number of alkyl carbamates (subject to hydrolysis) is 1.